The maximum absolute atomic E-state index is 12.7. The third-order valence-corrected chi connectivity index (χ3v) is 7.05. The highest BCUT2D eigenvalue weighted by molar-refractivity contribution is 7.10. The van der Waals surface area contributed by atoms with E-state index in [0.717, 1.165) is 35.5 Å². The third-order valence-electron chi connectivity index (χ3n) is 6.13. The van der Waals surface area contributed by atoms with Crippen LogP contribution in [0, 0.1) is 6.92 Å². The zero-order valence-corrected chi connectivity index (χ0v) is 19.2. The number of fused-ring (bicyclic) bond motifs is 2. The Labute approximate surface area is 190 Å². The summed E-state index contributed by atoms with van der Waals surface area (Å²) in [5.41, 5.74) is 4.14. The summed E-state index contributed by atoms with van der Waals surface area (Å²) in [5, 5.41) is 2.73. The van der Waals surface area contributed by atoms with Crippen LogP contribution < -0.4 is 15.0 Å². The van der Waals surface area contributed by atoms with Gasteiger partial charge in [-0.05, 0) is 59.7 Å². The van der Waals surface area contributed by atoms with E-state index in [-0.39, 0.29) is 11.6 Å². The zero-order chi connectivity index (χ0) is 22.2. The molecular weight excluding hydrogens is 422 g/mol. The van der Waals surface area contributed by atoms with Crippen LogP contribution in [0.2, 0.25) is 0 Å². The van der Waals surface area contributed by atoms with Gasteiger partial charge in [0.2, 0.25) is 0 Å². The van der Waals surface area contributed by atoms with Gasteiger partial charge in [-0.1, -0.05) is 18.2 Å². The van der Waals surface area contributed by atoms with Crippen LogP contribution in [0.25, 0.3) is 10.9 Å². The van der Waals surface area contributed by atoms with Crippen molar-refractivity contribution in [1.82, 2.24) is 14.9 Å². The number of thiophene rings is 1. The van der Waals surface area contributed by atoms with Crippen molar-refractivity contribution in [2.24, 2.45) is 0 Å². The molecule has 1 aliphatic heterocycles. The fourth-order valence-electron chi connectivity index (χ4n) is 4.57. The van der Waals surface area contributed by atoms with Gasteiger partial charge in [-0.3, -0.25) is 9.69 Å². The van der Waals surface area contributed by atoms with Gasteiger partial charge in [-0.2, -0.15) is 0 Å². The summed E-state index contributed by atoms with van der Waals surface area (Å²) in [6, 6.07) is 14.2. The number of nitrogens with zero attached hydrogens (tertiary/aromatic N) is 2. The van der Waals surface area contributed by atoms with Gasteiger partial charge in [-0.25, -0.2) is 4.98 Å². The van der Waals surface area contributed by atoms with E-state index in [1.54, 1.807) is 25.6 Å². The molecule has 0 fully saturated rings. The SMILES string of the molecule is COc1cc2c(cc1OC)[C@@H](c1cccs1)N(Cc1nc3c(C)cccc3c(=O)[nH]1)CC2. The predicted octanol–water partition coefficient (Wildman–Crippen LogP) is 4.46. The zero-order valence-electron chi connectivity index (χ0n) is 18.3. The van der Waals surface area contributed by atoms with Crippen molar-refractivity contribution in [2.75, 3.05) is 20.8 Å². The van der Waals surface area contributed by atoms with Gasteiger partial charge >= 0.3 is 0 Å². The second-order valence-corrected chi connectivity index (χ2v) is 9.01. The van der Waals surface area contributed by atoms with Gasteiger partial charge in [0, 0.05) is 11.4 Å². The molecule has 32 heavy (non-hydrogen) atoms. The molecule has 7 heteroatoms. The molecule has 0 unspecified atom stereocenters. The molecule has 0 spiro atoms. The van der Waals surface area contributed by atoms with E-state index in [2.05, 4.69) is 39.5 Å². The van der Waals surface area contributed by atoms with Gasteiger partial charge in [-0.15, -0.1) is 11.3 Å². The standard InChI is InChI=1S/C25H25N3O3S/c1-15-6-4-7-17-23(15)26-22(27-25(17)29)14-28-10-9-16-12-19(30-2)20(31-3)13-18(16)24(28)21-8-5-11-32-21/h4-8,11-13,24H,9-10,14H2,1-3H3,(H,26,27,29)/t24-/m0/s1. The Bertz CT molecular complexity index is 1330. The second kappa shape index (κ2) is 8.41. The molecule has 164 valence electrons. The Morgan fingerprint density at radius 1 is 1.16 bits per heavy atom. The smallest absolute Gasteiger partial charge is 0.258 e. The molecule has 0 saturated heterocycles. The maximum atomic E-state index is 12.7. The van der Waals surface area contributed by atoms with Crippen LogP contribution in [0.3, 0.4) is 0 Å². The highest BCUT2D eigenvalue weighted by atomic mass is 32.1. The van der Waals surface area contributed by atoms with E-state index in [0.29, 0.717) is 17.8 Å². The van der Waals surface area contributed by atoms with Gasteiger partial charge < -0.3 is 14.5 Å². The molecule has 5 rings (SSSR count). The van der Waals surface area contributed by atoms with Gasteiger partial charge in [0.1, 0.15) is 5.82 Å². The molecule has 0 aliphatic carbocycles. The van der Waals surface area contributed by atoms with Crippen molar-refractivity contribution in [3.05, 3.63) is 85.6 Å². The van der Waals surface area contributed by atoms with Crippen LogP contribution >= 0.6 is 11.3 Å². The van der Waals surface area contributed by atoms with Crippen LogP contribution in [-0.2, 0) is 13.0 Å². The highest BCUT2D eigenvalue weighted by Crippen LogP contribution is 2.42. The summed E-state index contributed by atoms with van der Waals surface area (Å²) >= 11 is 1.73. The number of aromatic amines is 1. The molecule has 4 aromatic rings. The van der Waals surface area contributed by atoms with E-state index >= 15 is 0 Å². The minimum atomic E-state index is -0.0924. The lowest BCUT2D eigenvalue weighted by molar-refractivity contribution is 0.201. The van der Waals surface area contributed by atoms with Crippen LogP contribution in [0.4, 0.5) is 0 Å². The van der Waals surface area contributed by atoms with Gasteiger partial charge in [0.25, 0.3) is 5.56 Å². The number of benzene rings is 2. The van der Waals surface area contributed by atoms with Crippen LogP contribution in [0.5, 0.6) is 11.5 Å². The molecule has 1 aliphatic rings. The number of H-pyrrole nitrogens is 1. The van der Waals surface area contributed by atoms with Crippen molar-refractivity contribution in [1.29, 1.82) is 0 Å². The Balaban J connectivity index is 1.58. The normalized spacial score (nSPS) is 16.2. The topological polar surface area (TPSA) is 67.5 Å². The number of hydrogen-bond donors (Lipinski definition) is 1. The molecule has 6 nitrogen and oxygen atoms in total. The Morgan fingerprint density at radius 3 is 2.72 bits per heavy atom. The van der Waals surface area contributed by atoms with E-state index in [1.807, 2.05) is 25.1 Å². The van der Waals surface area contributed by atoms with Crippen molar-refractivity contribution >= 4 is 22.2 Å². The molecule has 3 heterocycles. The van der Waals surface area contributed by atoms with Crippen LogP contribution in [-0.4, -0.2) is 35.6 Å². The van der Waals surface area contributed by atoms with E-state index in [4.69, 9.17) is 14.5 Å². The van der Waals surface area contributed by atoms with Crippen molar-refractivity contribution in [3.63, 3.8) is 0 Å². The number of para-hydroxylation sites is 1. The highest BCUT2D eigenvalue weighted by Gasteiger charge is 2.31. The largest absolute Gasteiger partial charge is 0.493 e. The summed E-state index contributed by atoms with van der Waals surface area (Å²) in [7, 11) is 3.33. The van der Waals surface area contributed by atoms with Crippen LogP contribution in [0.1, 0.15) is 33.4 Å². The lowest BCUT2D eigenvalue weighted by Crippen LogP contribution is -2.36. The van der Waals surface area contributed by atoms with Crippen molar-refractivity contribution in [3.8, 4) is 11.5 Å². The monoisotopic (exact) mass is 447 g/mol. The number of hydrogen-bond acceptors (Lipinski definition) is 6. The number of nitrogens with one attached hydrogen (secondary N) is 1. The fraction of sp³-hybridized carbons (Fsp3) is 0.280. The van der Waals surface area contributed by atoms with E-state index in [1.165, 1.54) is 16.0 Å². The average molecular weight is 448 g/mol. The van der Waals surface area contributed by atoms with E-state index < -0.39 is 0 Å². The minimum absolute atomic E-state index is 0.0522. The first-order chi connectivity index (χ1) is 15.6. The fourth-order valence-corrected chi connectivity index (χ4v) is 5.44. The molecule has 0 saturated carbocycles. The molecular formula is C25H25N3O3S. The van der Waals surface area contributed by atoms with Crippen molar-refractivity contribution in [2.45, 2.75) is 25.9 Å². The Kier molecular flexibility index (Phi) is 5.45. The van der Waals surface area contributed by atoms with Crippen LogP contribution in [0.15, 0.2) is 52.6 Å². The summed E-state index contributed by atoms with van der Waals surface area (Å²) in [4.78, 5) is 24.2. The number of ether oxygens (including phenoxy) is 2. The summed E-state index contributed by atoms with van der Waals surface area (Å²) in [6.45, 7) is 3.39. The summed E-state index contributed by atoms with van der Waals surface area (Å²) in [6.07, 6.45) is 0.883. The number of aryl methyl sites for hydroxylation is 1. The molecule has 0 bridgehead atoms. The lowest BCUT2D eigenvalue weighted by Gasteiger charge is -2.37. The average Bonchev–Trinajstić information content (AvgIpc) is 3.33. The van der Waals surface area contributed by atoms with E-state index in [9.17, 15) is 4.79 Å². The predicted molar refractivity (Wildman–Crippen MR) is 127 cm³/mol. The molecule has 1 atom stereocenters. The summed E-state index contributed by atoms with van der Waals surface area (Å²) in [5.74, 6) is 2.16. The molecule has 2 aromatic carbocycles. The van der Waals surface area contributed by atoms with Gasteiger partial charge in [0.05, 0.1) is 37.7 Å². The molecule has 2 aromatic heterocycles. The lowest BCUT2D eigenvalue weighted by atomic mass is 9.91. The maximum Gasteiger partial charge on any atom is 0.258 e. The second-order valence-electron chi connectivity index (χ2n) is 8.03. The summed E-state index contributed by atoms with van der Waals surface area (Å²) < 4.78 is 11.1. The first kappa shape index (κ1) is 20.7. The molecule has 0 radical (unpaired) electrons. The third kappa shape index (κ3) is 3.57. The molecule has 1 N–H and O–H groups in total. The van der Waals surface area contributed by atoms with Gasteiger partial charge in [0.15, 0.2) is 11.5 Å². The minimum Gasteiger partial charge on any atom is -0.493 e. The first-order valence-electron chi connectivity index (χ1n) is 10.6. The molecule has 0 amide bonds. The Morgan fingerprint density at radius 2 is 1.97 bits per heavy atom. The quantitative estimate of drug-likeness (QED) is 0.489. The number of aromatic nitrogens is 2. The number of methoxy groups -OCH3 is 2. The van der Waals surface area contributed by atoms with Crippen molar-refractivity contribution < 1.29 is 9.47 Å². The first-order valence-corrected chi connectivity index (χ1v) is 11.5. The Hall–Kier alpha value is -3.16. The number of rotatable bonds is 5.